The van der Waals surface area contributed by atoms with Gasteiger partial charge in [0, 0.05) is 12.8 Å². The molecule has 52 heavy (non-hydrogen) atoms. The molecule has 2 atom stereocenters. The van der Waals surface area contributed by atoms with Gasteiger partial charge < -0.3 is 20.3 Å². The summed E-state index contributed by atoms with van der Waals surface area (Å²) in [6.45, 7) is 4.77. The van der Waals surface area contributed by atoms with E-state index in [0.717, 1.165) is 70.6 Å². The van der Waals surface area contributed by atoms with Crippen LogP contribution in [0.2, 0.25) is 0 Å². The van der Waals surface area contributed by atoms with Gasteiger partial charge in [-0.2, -0.15) is 0 Å². The summed E-state index contributed by atoms with van der Waals surface area (Å²) < 4.78 is 5.42. The number of carbonyl (C=O) groups is 2. The van der Waals surface area contributed by atoms with Crippen molar-refractivity contribution in [2.45, 2.75) is 231 Å². The number of amides is 1. The van der Waals surface area contributed by atoms with Gasteiger partial charge in [-0.15, -0.1) is 0 Å². The van der Waals surface area contributed by atoms with Crippen molar-refractivity contribution in [2.24, 2.45) is 0 Å². The molecule has 0 bridgehead atoms. The summed E-state index contributed by atoms with van der Waals surface area (Å²) in [4.78, 5) is 24.3. The van der Waals surface area contributed by atoms with Crippen LogP contribution in [0.25, 0.3) is 0 Å². The fourth-order valence-corrected chi connectivity index (χ4v) is 6.37. The molecule has 0 rings (SSSR count). The first-order valence-electron chi connectivity index (χ1n) is 22.3. The van der Waals surface area contributed by atoms with Crippen LogP contribution in [0.4, 0.5) is 0 Å². The Morgan fingerprint density at radius 2 is 0.923 bits per heavy atom. The van der Waals surface area contributed by atoms with Gasteiger partial charge in [0.2, 0.25) is 5.91 Å². The molecular weight excluding hydrogens is 647 g/mol. The molecule has 0 saturated heterocycles. The highest BCUT2D eigenvalue weighted by molar-refractivity contribution is 5.76. The maximum absolute atomic E-state index is 12.3. The number of ether oxygens (including phenoxy) is 1. The molecule has 0 aromatic heterocycles. The summed E-state index contributed by atoms with van der Waals surface area (Å²) in [5.41, 5.74) is 0. The minimum atomic E-state index is -0.852. The van der Waals surface area contributed by atoms with Gasteiger partial charge in [-0.05, 0) is 77.0 Å². The lowest BCUT2D eigenvalue weighted by Crippen LogP contribution is -2.45. The second-order valence-electron chi connectivity index (χ2n) is 15.0. The maximum atomic E-state index is 12.3. The van der Waals surface area contributed by atoms with Crippen molar-refractivity contribution in [1.29, 1.82) is 0 Å². The average molecular weight is 732 g/mol. The molecule has 1 amide bonds. The fraction of sp³-hybridized carbons (Fsp3) is 0.826. The number of aliphatic hydroxyl groups is 2. The summed E-state index contributed by atoms with van der Waals surface area (Å²) in [5, 5.41) is 22.8. The van der Waals surface area contributed by atoms with Gasteiger partial charge in [-0.25, -0.2) is 0 Å². The molecule has 6 heteroatoms. The zero-order valence-corrected chi connectivity index (χ0v) is 34.3. The second-order valence-corrected chi connectivity index (χ2v) is 15.0. The summed E-state index contributed by atoms with van der Waals surface area (Å²) >= 11 is 0. The predicted molar refractivity (Wildman–Crippen MR) is 222 cm³/mol. The Morgan fingerprint density at radius 3 is 1.42 bits per heavy atom. The van der Waals surface area contributed by atoms with Crippen molar-refractivity contribution >= 4 is 11.9 Å². The summed E-state index contributed by atoms with van der Waals surface area (Å²) in [6.07, 6.45) is 48.5. The van der Waals surface area contributed by atoms with Crippen LogP contribution in [0.3, 0.4) is 0 Å². The summed E-state index contributed by atoms with van der Waals surface area (Å²) in [6, 6.07) is -0.637. The van der Waals surface area contributed by atoms with Gasteiger partial charge in [-0.3, -0.25) is 9.59 Å². The van der Waals surface area contributed by atoms with Crippen molar-refractivity contribution < 1.29 is 24.5 Å². The van der Waals surface area contributed by atoms with Crippen LogP contribution in [-0.2, 0) is 14.3 Å². The number of nitrogens with one attached hydrogen (secondary N) is 1. The van der Waals surface area contributed by atoms with Crippen LogP contribution in [0.1, 0.15) is 219 Å². The number of hydrogen-bond donors (Lipinski definition) is 3. The molecule has 6 nitrogen and oxygen atoms in total. The predicted octanol–water partition coefficient (Wildman–Crippen LogP) is 12.6. The monoisotopic (exact) mass is 732 g/mol. The smallest absolute Gasteiger partial charge is 0.305 e. The first-order chi connectivity index (χ1) is 25.5. The highest BCUT2D eigenvalue weighted by Crippen LogP contribution is 2.13. The van der Waals surface area contributed by atoms with E-state index in [1.54, 1.807) is 6.08 Å². The third kappa shape index (κ3) is 37.8. The minimum Gasteiger partial charge on any atom is -0.466 e. The maximum Gasteiger partial charge on any atom is 0.305 e. The van der Waals surface area contributed by atoms with Gasteiger partial charge in [-0.1, -0.05) is 166 Å². The van der Waals surface area contributed by atoms with E-state index in [9.17, 15) is 19.8 Å². The molecular formula is C46H85NO5. The number of allylic oxidation sites excluding steroid dienone is 5. The van der Waals surface area contributed by atoms with E-state index in [1.807, 2.05) is 6.08 Å². The molecule has 0 spiro atoms. The first-order valence-corrected chi connectivity index (χ1v) is 22.3. The van der Waals surface area contributed by atoms with Crippen LogP contribution in [-0.4, -0.2) is 47.4 Å². The number of aliphatic hydroxyl groups excluding tert-OH is 2. The van der Waals surface area contributed by atoms with Gasteiger partial charge in [0.1, 0.15) is 0 Å². The highest BCUT2D eigenvalue weighted by atomic mass is 16.5. The van der Waals surface area contributed by atoms with Crippen molar-refractivity contribution in [3.63, 3.8) is 0 Å². The zero-order chi connectivity index (χ0) is 38.0. The van der Waals surface area contributed by atoms with Crippen LogP contribution in [0.15, 0.2) is 36.5 Å². The lowest BCUT2D eigenvalue weighted by Gasteiger charge is -2.20. The van der Waals surface area contributed by atoms with Gasteiger partial charge in [0.05, 0.1) is 25.4 Å². The normalized spacial score (nSPS) is 13.1. The standard InChI is InChI=1S/C46H85NO5/c1-3-5-7-9-11-13-19-24-28-32-36-40-46(51)52-41-37-33-29-25-21-18-16-14-15-17-20-23-27-31-35-39-45(50)47-43(42-48)44(49)38-34-30-26-22-12-10-8-6-4-2/h9,11,16,18,34,38,43-44,48-49H,3-8,10,12-15,17,19-33,35-37,39-42H2,1-2H3,(H,47,50)/b11-9-,18-16-,38-34+. The van der Waals surface area contributed by atoms with Crippen molar-refractivity contribution in [3.05, 3.63) is 36.5 Å². The second kappa shape index (κ2) is 41.8. The Kier molecular flexibility index (Phi) is 40.3. The molecule has 0 saturated carbocycles. The van der Waals surface area contributed by atoms with E-state index in [-0.39, 0.29) is 18.5 Å². The van der Waals surface area contributed by atoms with Crippen LogP contribution < -0.4 is 5.32 Å². The lowest BCUT2D eigenvalue weighted by molar-refractivity contribution is -0.143. The van der Waals surface area contributed by atoms with E-state index >= 15 is 0 Å². The molecule has 0 heterocycles. The Balaban J connectivity index is 3.51. The minimum absolute atomic E-state index is 0.0239. The molecule has 0 radical (unpaired) electrons. The topological polar surface area (TPSA) is 95.9 Å². The average Bonchev–Trinajstić information content (AvgIpc) is 3.14. The van der Waals surface area contributed by atoms with Crippen LogP contribution in [0, 0.1) is 0 Å². The molecule has 0 aliphatic rings. The van der Waals surface area contributed by atoms with Gasteiger partial charge in [0.15, 0.2) is 0 Å². The molecule has 0 aliphatic carbocycles. The van der Waals surface area contributed by atoms with E-state index in [1.165, 1.54) is 122 Å². The molecule has 2 unspecified atom stereocenters. The molecule has 0 aliphatic heterocycles. The first kappa shape index (κ1) is 50.1. The van der Waals surface area contributed by atoms with E-state index in [2.05, 4.69) is 43.5 Å². The quantitative estimate of drug-likeness (QED) is 0.0331. The number of hydrogen-bond acceptors (Lipinski definition) is 5. The molecule has 0 aromatic carbocycles. The molecule has 0 fully saturated rings. The van der Waals surface area contributed by atoms with Crippen LogP contribution in [0.5, 0.6) is 0 Å². The summed E-state index contributed by atoms with van der Waals surface area (Å²) in [5.74, 6) is -0.112. The van der Waals surface area contributed by atoms with Crippen LogP contribution >= 0.6 is 0 Å². The number of unbranched alkanes of at least 4 members (excludes halogenated alkanes) is 25. The third-order valence-electron chi connectivity index (χ3n) is 9.88. The Labute approximate surface area is 322 Å². The largest absolute Gasteiger partial charge is 0.466 e. The summed E-state index contributed by atoms with van der Waals surface area (Å²) in [7, 11) is 0. The van der Waals surface area contributed by atoms with Gasteiger partial charge >= 0.3 is 5.97 Å². The zero-order valence-electron chi connectivity index (χ0n) is 34.3. The van der Waals surface area contributed by atoms with Crippen molar-refractivity contribution in [1.82, 2.24) is 5.32 Å². The lowest BCUT2D eigenvalue weighted by atomic mass is 10.1. The third-order valence-corrected chi connectivity index (χ3v) is 9.88. The fourth-order valence-electron chi connectivity index (χ4n) is 6.37. The van der Waals surface area contributed by atoms with E-state index in [4.69, 9.17) is 4.74 Å². The number of esters is 1. The number of carbonyl (C=O) groups excluding carboxylic acids is 2. The van der Waals surface area contributed by atoms with Crippen molar-refractivity contribution in [3.8, 4) is 0 Å². The SMILES string of the molecule is CCCC/C=C\CCCCCCCC(=O)OCCCCCC/C=C\CCCCCCCCCC(=O)NC(CO)C(O)/C=C/CCCCCCCCC. The Morgan fingerprint density at radius 1 is 0.519 bits per heavy atom. The van der Waals surface area contributed by atoms with Gasteiger partial charge in [0.25, 0.3) is 0 Å². The Bertz CT molecular complexity index is 854. The highest BCUT2D eigenvalue weighted by Gasteiger charge is 2.18. The Hall–Kier alpha value is -1.92. The van der Waals surface area contributed by atoms with E-state index < -0.39 is 12.1 Å². The van der Waals surface area contributed by atoms with Crippen molar-refractivity contribution in [2.75, 3.05) is 13.2 Å². The molecule has 3 N–H and O–H groups in total. The molecule has 0 aromatic rings. The molecule has 304 valence electrons. The number of rotatable bonds is 40. The van der Waals surface area contributed by atoms with E-state index in [0.29, 0.717) is 19.4 Å².